The van der Waals surface area contributed by atoms with Gasteiger partial charge in [-0.1, -0.05) is 0 Å². The zero-order chi connectivity index (χ0) is 14.0. The summed E-state index contributed by atoms with van der Waals surface area (Å²) in [7, 11) is 3.91. The van der Waals surface area contributed by atoms with Crippen molar-refractivity contribution in [2.24, 2.45) is 0 Å². The number of rotatable bonds is 3. The fourth-order valence-corrected chi connectivity index (χ4v) is 2.39. The van der Waals surface area contributed by atoms with E-state index in [-0.39, 0.29) is 11.9 Å². The second kappa shape index (κ2) is 5.63. The summed E-state index contributed by atoms with van der Waals surface area (Å²) in [6, 6.07) is 0.0283. The molecule has 1 aromatic rings. The summed E-state index contributed by atoms with van der Waals surface area (Å²) in [5, 5.41) is 9.77. The summed E-state index contributed by atoms with van der Waals surface area (Å²) in [6.07, 6.45) is 3.24. The van der Waals surface area contributed by atoms with Crippen LogP contribution in [-0.2, 0) is 0 Å². The first-order valence-corrected chi connectivity index (χ1v) is 6.39. The van der Waals surface area contributed by atoms with Crippen molar-refractivity contribution in [3.8, 4) is 0 Å². The molecule has 0 aliphatic carbocycles. The van der Waals surface area contributed by atoms with Crippen LogP contribution in [0.1, 0.15) is 22.6 Å². The summed E-state index contributed by atoms with van der Waals surface area (Å²) in [5.41, 5.74) is 1.12. The van der Waals surface area contributed by atoms with Crippen molar-refractivity contribution in [3.63, 3.8) is 0 Å². The zero-order valence-electron chi connectivity index (χ0n) is 11.6. The molecule has 1 N–H and O–H groups in total. The molecule has 0 aromatic carbocycles. The number of β-amino-alcohol motifs (C(OH)–C–C–N with tert-alkyl or cyclic N) is 1. The molecule has 0 bridgehead atoms. The van der Waals surface area contributed by atoms with Crippen molar-refractivity contribution >= 4 is 5.91 Å². The third-order valence-corrected chi connectivity index (χ3v) is 3.23. The molecule has 6 heteroatoms. The minimum absolute atomic E-state index is 0.0283. The molecular formula is C13H20N4O2. The van der Waals surface area contributed by atoms with E-state index in [9.17, 15) is 9.90 Å². The van der Waals surface area contributed by atoms with E-state index >= 15 is 0 Å². The predicted molar refractivity (Wildman–Crippen MR) is 70.8 cm³/mol. The molecule has 1 fully saturated rings. The Morgan fingerprint density at radius 3 is 2.79 bits per heavy atom. The van der Waals surface area contributed by atoms with Gasteiger partial charge in [0.05, 0.1) is 18.0 Å². The van der Waals surface area contributed by atoms with Crippen molar-refractivity contribution < 1.29 is 9.90 Å². The first-order chi connectivity index (χ1) is 8.97. The fourth-order valence-electron chi connectivity index (χ4n) is 2.39. The quantitative estimate of drug-likeness (QED) is 0.827. The summed E-state index contributed by atoms with van der Waals surface area (Å²) in [4.78, 5) is 24.3. The Morgan fingerprint density at radius 1 is 1.47 bits per heavy atom. The molecule has 2 rings (SSSR count). The average Bonchev–Trinajstić information content (AvgIpc) is 2.69. The smallest absolute Gasteiger partial charge is 0.274 e. The van der Waals surface area contributed by atoms with Crippen LogP contribution in [0.3, 0.4) is 0 Å². The molecule has 1 aliphatic rings. The van der Waals surface area contributed by atoms with Gasteiger partial charge in [-0.3, -0.25) is 9.78 Å². The van der Waals surface area contributed by atoms with Gasteiger partial charge in [-0.15, -0.1) is 0 Å². The van der Waals surface area contributed by atoms with E-state index in [1.165, 1.54) is 6.20 Å². The van der Waals surface area contributed by atoms with Crippen LogP contribution in [0, 0.1) is 6.92 Å². The minimum Gasteiger partial charge on any atom is -0.391 e. The Balaban J connectivity index is 2.14. The number of aromatic nitrogens is 2. The van der Waals surface area contributed by atoms with Crippen molar-refractivity contribution in [2.75, 3.05) is 27.2 Å². The van der Waals surface area contributed by atoms with E-state index in [1.54, 1.807) is 11.1 Å². The predicted octanol–water partition coefficient (Wildman–Crippen LogP) is -0.0780. The average molecular weight is 264 g/mol. The number of carbonyl (C=O) groups is 1. The Hall–Kier alpha value is -1.53. The highest BCUT2D eigenvalue weighted by molar-refractivity contribution is 5.92. The molecule has 0 saturated carbocycles. The van der Waals surface area contributed by atoms with Gasteiger partial charge in [0.1, 0.15) is 5.69 Å². The monoisotopic (exact) mass is 264 g/mol. The van der Waals surface area contributed by atoms with Crippen LogP contribution in [0.5, 0.6) is 0 Å². The van der Waals surface area contributed by atoms with E-state index in [0.717, 1.165) is 12.2 Å². The van der Waals surface area contributed by atoms with Gasteiger partial charge < -0.3 is 14.9 Å². The summed E-state index contributed by atoms with van der Waals surface area (Å²) < 4.78 is 0. The molecule has 2 atom stereocenters. The van der Waals surface area contributed by atoms with E-state index in [0.29, 0.717) is 18.7 Å². The largest absolute Gasteiger partial charge is 0.391 e. The molecule has 6 nitrogen and oxygen atoms in total. The van der Waals surface area contributed by atoms with Crippen molar-refractivity contribution in [2.45, 2.75) is 25.5 Å². The zero-order valence-corrected chi connectivity index (χ0v) is 11.6. The third kappa shape index (κ3) is 3.27. The van der Waals surface area contributed by atoms with E-state index in [4.69, 9.17) is 0 Å². The number of hydrogen-bond acceptors (Lipinski definition) is 5. The number of nitrogens with zero attached hydrogens (tertiary/aromatic N) is 4. The Bertz CT molecular complexity index is 446. The van der Waals surface area contributed by atoms with Gasteiger partial charge in [0.15, 0.2) is 0 Å². The molecule has 0 spiro atoms. The van der Waals surface area contributed by atoms with Gasteiger partial charge >= 0.3 is 0 Å². The maximum Gasteiger partial charge on any atom is 0.274 e. The van der Waals surface area contributed by atoms with Crippen LogP contribution < -0.4 is 0 Å². The molecule has 19 heavy (non-hydrogen) atoms. The lowest BCUT2D eigenvalue weighted by Crippen LogP contribution is -2.41. The van der Waals surface area contributed by atoms with Crippen LogP contribution in [0.25, 0.3) is 0 Å². The molecule has 1 aliphatic heterocycles. The lowest BCUT2D eigenvalue weighted by molar-refractivity contribution is 0.0692. The molecule has 2 unspecified atom stereocenters. The Kier molecular flexibility index (Phi) is 4.11. The highest BCUT2D eigenvalue weighted by atomic mass is 16.3. The van der Waals surface area contributed by atoms with Gasteiger partial charge in [0, 0.05) is 25.3 Å². The summed E-state index contributed by atoms with van der Waals surface area (Å²) >= 11 is 0. The number of aryl methyl sites for hydroxylation is 1. The van der Waals surface area contributed by atoms with Crippen molar-refractivity contribution in [1.82, 2.24) is 19.8 Å². The number of aliphatic hydroxyl groups excluding tert-OH is 1. The first kappa shape index (κ1) is 13.9. The molecule has 1 saturated heterocycles. The van der Waals surface area contributed by atoms with Gasteiger partial charge in [-0.2, -0.15) is 0 Å². The SMILES string of the molecule is Cc1cnc(C(=O)N2CC(O)CC2CN(C)C)cn1. The summed E-state index contributed by atoms with van der Waals surface area (Å²) in [5.74, 6) is -0.157. The lowest BCUT2D eigenvalue weighted by Gasteiger charge is -2.26. The Morgan fingerprint density at radius 2 is 2.21 bits per heavy atom. The van der Waals surface area contributed by atoms with Crippen LogP contribution in [0.2, 0.25) is 0 Å². The van der Waals surface area contributed by atoms with E-state index < -0.39 is 6.10 Å². The molecule has 1 amide bonds. The van der Waals surface area contributed by atoms with E-state index in [2.05, 4.69) is 9.97 Å². The third-order valence-electron chi connectivity index (χ3n) is 3.23. The van der Waals surface area contributed by atoms with E-state index in [1.807, 2.05) is 25.9 Å². The minimum atomic E-state index is -0.452. The van der Waals surface area contributed by atoms with Gasteiger partial charge in [0.25, 0.3) is 5.91 Å². The highest BCUT2D eigenvalue weighted by Crippen LogP contribution is 2.20. The number of likely N-dealkylation sites (N-methyl/N-ethyl adjacent to an activating group) is 1. The number of hydrogen-bond donors (Lipinski definition) is 1. The highest BCUT2D eigenvalue weighted by Gasteiger charge is 2.35. The fraction of sp³-hybridized carbons (Fsp3) is 0.615. The summed E-state index contributed by atoms with van der Waals surface area (Å²) in [6.45, 7) is 2.94. The normalized spacial score (nSPS) is 23.1. The van der Waals surface area contributed by atoms with Crippen LogP contribution in [-0.4, -0.2) is 70.1 Å². The second-order valence-electron chi connectivity index (χ2n) is 5.31. The standard InChI is InChI=1S/C13H20N4O2/c1-9-5-15-12(6-14-9)13(19)17-8-11(18)4-10(17)7-16(2)3/h5-6,10-11,18H,4,7-8H2,1-3H3. The molecular weight excluding hydrogens is 244 g/mol. The topological polar surface area (TPSA) is 69.6 Å². The van der Waals surface area contributed by atoms with Crippen molar-refractivity contribution in [3.05, 3.63) is 23.8 Å². The maximum atomic E-state index is 12.4. The number of aliphatic hydroxyl groups is 1. The number of amides is 1. The first-order valence-electron chi connectivity index (χ1n) is 6.39. The van der Waals surface area contributed by atoms with Gasteiger partial charge in [-0.25, -0.2) is 4.98 Å². The van der Waals surface area contributed by atoms with Crippen molar-refractivity contribution in [1.29, 1.82) is 0 Å². The number of likely N-dealkylation sites (tertiary alicyclic amines) is 1. The van der Waals surface area contributed by atoms with Crippen LogP contribution in [0.4, 0.5) is 0 Å². The molecule has 2 heterocycles. The molecule has 1 aromatic heterocycles. The van der Waals surface area contributed by atoms with Gasteiger partial charge in [0.2, 0.25) is 0 Å². The van der Waals surface area contributed by atoms with Crippen LogP contribution in [0.15, 0.2) is 12.4 Å². The second-order valence-corrected chi connectivity index (χ2v) is 5.31. The van der Waals surface area contributed by atoms with Crippen LogP contribution >= 0.6 is 0 Å². The molecule has 0 radical (unpaired) electrons. The lowest BCUT2D eigenvalue weighted by atomic mass is 10.2. The maximum absolute atomic E-state index is 12.4. The number of carbonyl (C=O) groups excluding carboxylic acids is 1. The molecule has 104 valence electrons. The Labute approximate surface area is 113 Å². The van der Waals surface area contributed by atoms with Gasteiger partial charge in [-0.05, 0) is 27.4 Å².